The maximum absolute atomic E-state index is 9.97. The number of aliphatic hydroxyl groups is 1. The molecular formula is C17H29NO3. The van der Waals surface area contributed by atoms with Crippen molar-refractivity contribution in [3.63, 3.8) is 0 Å². The fourth-order valence-electron chi connectivity index (χ4n) is 2.17. The molecule has 2 unspecified atom stereocenters. The van der Waals surface area contributed by atoms with E-state index in [0.29, 0.717) is 19.8 Å². The number of aliphatic hydroxyl groups excluding tert-OH is 1. The molecule has 2 N–H and O–H groups in total. The summed E-state index contributed by atoms with van der Waals surface area (Å²) in [6.07, 6.45) is 1.01. The van der Waals surface area contributed by atoms with Gasteiger partial charge in [-0.25, -0.2) is 0 Å². The van der Waals surface area contributed by atoms with E-state index < -0.39 is 5.54 Å². The fourth-order valence-corrected chi connectivity index (χ4v) is 2.17. The second-order valence-electron chi connectivity index (χ2n) is 5.31. The van der Waals surface area contributed by atoms with Gasteiger partial charge in [0.15, 0.2) is 0 Å². The van der Waals surface area contributed by atoms with Crippen LogP contribution in [0.3, 0.4) is 0 Å². The van der Waals surface area contributed by atoms with Gasteiger partial charge in [-0.2, -0.15) is 0 Å². The summed E-state index contributed by atoms with van der Waals surface area (Å²) >= 11 is 0. The molecule has 0 saturated carbocycles. The number of benzene rings is 1. The van der Waals surface area contributed by atoms with E-state index in [0.717, 1.165) is 18.5 Å². The van der Waals surface area contributed by atoms with Crippen molar-refractivity contribution in [3.05, 3.63) is 35.9 Å². The smallest absolute Gasteiger partial charge is 0.0906 e. The molecule has 0 bridgehead atoms. The molecule has 0 aliphatic rings. The van der Waals surface area contributed by atoms with Crippen LogP contribution in [-0.2, 0) is 15.0 Å². The molecule has 0 radical (unpaired) electrons. The summed E-state index contributed by atoms with van der Waals surface area (Å²) < 4.78 is 11.3. The Balaban J connectivity index is 2.76. The van der Waals surface area contributed by atoms with Crippen molar-refractivity contribution in [2.45, 2.75) is 38.8 Å². The zero-order chi connectivity index (χ0) is 15.6. The SMILES string of the molecule is CCCNC(CO)(COC(C)COCC)c1ccccc1. The van der Waals surface area contributed by atoms with Crippen LogP contribution in [0.2, 0.25) is 0 Å². The Morgan fingerprint density at radius 1 is 1.24 bits per heavy atom. The normalized spacial score (nSPS) is 15.6. The Hall–Kier alpha value is -0.940. The van der Waals surface area contributed by atoms with Crippen LogP contribution >= 0.6 is 0 Å². The first-order valence-electron chi connectivity index (χ1n) is 7.79. The van der Waals surface area contributed by atoms with Gasteiger partial charge in [-0.3, -0.25) is 0 Å². The van der Waals surface area contributed by atoms with Crippen LogP contribution in [0, 0.1) is 0 Å². The molecule has 2 atom stereocenters. The van der Waals surface area contributed by atoms with E-state index in [1.54, 1.807) is 0 Å². The number of hydrogen-bond acceptors (Lipinski definition) is 4. The van der Waals surface area contributed by atoms with Crippen LogP contribution in [0.15, 0.2) is 30.3 Å². The lowest BCUT2D eigenvalue weighted by Crippen LogP contribution is -2.50. The molecule has 0 fully saturated rings. The molecule has 0 aliphatic heterocycles. The quantitative estimate of drug-likeness (QED) is 0.658. The number of rotatable bonds is 11. The lowest BCUT2D eigenvalue weighted by molar-refractivity contribution is -0.0409. The van der Waals surface area contributed by atoms with Crippen LogP contribution in [-0.4, -0.2) is 44.2 Å². The van der Waals surface area contributed by atoms with Crippen LogP contribution < -0.4 is 5.32 Å². The highest BCUT2D eigenvalue weighted by Crippen LogP contribution is 2.22. The monoisotopic (exact) mass is 295 g/mol. The molecule has 0 aromatic heterocycles. The van der Waals surface area contributed by atoms with Crippen molar-refractivity contribution in [2.75, 3.05) is 33.0 Å². The van der Waals surface area contributed by atoms with Crippen LogP contribution in [0.5, 0.6) is 0 Å². The fraction of sp³-hybridized carbons (Fsp3) is 0.647. The third kappa shape index (κ3) is 5.75. The molecule has 1 aromatic carbocycles. The van der Waals surface area contributed by atoms with Gasteiger partial charge in [0.2, 0.25) is 0 Å². The molecular weight excluding hydrogens is 266 g/mol. The Morgan fingerprint density at radius 3 is 2.52 bits per heavy atom. The second kappa shape index (κ2) is 9.90. The summed E-state index contributed by atoms with van der Waals surface area (Å²) in [6.45, 7) is 8.57. The van der Waals surface area contributed by atoms with Crippen molar-refractivity contribution in [1.29, 1.82) is 0 Å². The minimum Gasteiger partial charge on any atom is -0.394 e. The molecule has 4 heteroatoms. The van der Waals surface area contributed by atoms with Gasteiger partial charge in [0, 0.05) is 6.61 Å². The Morgan fingerprint density at radius 2 is 1.95 bits per heavy atom. The first kappa shape index (κ1) is 18.1. The first-order chi connectivity index (χ1) is 10.2. The largest absolute Gasteiger partial charge is 0.394 e. The van der Waals surface area contributed by atoms with Gasteiger partial charge >= 0.3 is 0 Å². The highest BCUT2D eigenvalue weighted by atomic mass is 16.5. The van der Waals surface area contributed by atoms with Crippen LogP contribution in [0.25, 0.3) is 0 Å². The lowest BCUT2D eigenvalue weighted by Gasteiger charge is -2.34. The summed E-state index contributed by atoms with van der Waals surface area (Å²) in [5, 5.41) is 13.4. The maximum atomic E-state index is 9.97. The first-order valence-corrected chi connectivity index (χ1v) is 7.79. The van der Waals surface area contributed by atoms with Crippen molar-refractivity contribution in [1.82, 2.24) is 5.32 Å². The van der Waals surface area contributed by atoms with E-state index >= 15 is 0 Å². The van der Waals surface area contributed by atoms with Gasteiger partial charge in [-0.15, -0.1) is 0 Å². The molecule has 0 aliphatic carbocycles. The van der Waals surface area contributed by atoms with Gasteiger partial charge in [0.1, 0.15) is 0 Å². The topological polar surface area (TPSA) is 50.7 Å². The van der Waals surface area contributed by atoms with E-state index in [4.69, 9.17) is 9.47 Å². The number of nitrogens with one attached hydrogen (secondary N) is 1. The Bertz CT molecular complexity index is 372. The molecule has 1 aromatic rings. The van der Waals surface area contributed by atoms with Crippen molar-refractivity contribution in [3.8, 4) is 0 Å². The molecule has 0 amide bonds. The highest BCUT2D eigenvalue weighted by molar-refractivity contribution is 5.25. The lowest BCUT2D eigenvalue weighted by atomic mass is 9.91. The molecule has 4 nitrogen and oxygen atoms in total. The van der Waals surface area contributed by atoms with Gasteiger partial charge in [0.25, 0.3) is 0 Å². The summed E-state index contributed by atoms with van der Waals surface area (Å²) in [7, 11) is 0. The Kier molecular flexibility index (Phi) is 8.54. The van der Waals surface area contributed by atoms with Gasteiger partial charge in [-0.05, 0) is 32.4 Å². The molecule has 0 saturated heterocycles. The summed E-state index contributed by atoms with van der Waals surface area (Å²) in [4.78, 5) is 0. The average Bonchev–Trinajstić information content (AvgIpc) is 2.54. The minimum atomic E-state index is -0.558. The van der Waals surface area contributed by atoms with E-state index in [2.05, 4.69) is 12.2 Å². The molecule has 120 valence electrons. The molecule has 1 rings (SSSR count). The highest BCUT2D eigenvalue weighted by Gasteiger charge is 2.31. The third-order valence-corrected chi connectivity index (χ3v) is 3.48. The van der Waals surface area contributed by atoms with Crippen LogP contribution in [0.4, 0.5) is 0 Å². The van der Waals surface area contributed by atoms with Gasteiger partial charge < -0.3 is 19.9 Å². The predicted molar refractivity (Wildman–Crippen MR) is 85.4 cm³/mol. The third-order valence-electron chi connectivity index (χ3n) is 3.48. The van der Waals surface area contributed by atoms with E-state index in [1.807, 2.05) is 44.2 Å². The molecule has 0 spiro atoms. The number of ether oxygens (including phenoxy) is 2. The van der Waals surface area contributed by atoms with E-state index in [9.17, 15) is 5.11 Å². The van der Waals surface area contributed by atoms with Gasteiger partial charge in [0.05, 0.1) is 31.5 Å². The second-order valence-corrected chi connectivity index (χ2v) is 5.31. The van der Waals surface area contributed by atoms with Gasteiger partial charge in [-0.1, -0.05) is 37.3 Å². The molecule has 21 heavy (non-hydrogen) atoms. The molecule has 0 heterocycles. The summed E-state index contributed by atoms with van der Waals surface area (Å²) in [5.41, 5.74) is 0.488. The van der Waals surface area contributed by atoms with E-state index in [-0.39, 0.29) is 12.7 Å². The van der Waals surface area contributed by atoms with Crippen LogP contribution in [0.1, 0.15) is 32.8 Å². The standard InChI is InChI=1S/C17H29NO3/c1-4-11-18-17(13-19,16-9-7-6-8-10-16)14-21-15(3)12-20-5-2/h6-10,15,18-19H,4-5,11-14H2,1-3H3. The van der Waals surface area contributed by atoms with Crippen molar-refractivity contribution < 1.29 is 14.6 Å². The minimum absolute atomic E-state index is 0.00162. The summed E-state index contributed by atoms with van der Waals surface area (Å²) in [5.74, 6) is 0. The van der Waals surface area contributed by atoms with E-state index in [1.165, 1.54) is 0 Å². The maximum Gasteiger partial charge on any atom is 0.0906 e. The number of hydrogen-bond donors (Lipinski definition) is 2. The zero-order valence-corrected chi connectivity index (χ0v) is 13.5. The van der Waals surface area contributed by atoms with Crippen molar-refractivity contribution >= 4 is 0 Å². The summed E-state index contributed by atoms with van der Waals surface area (Å²) in [6, 6.07) is 9.99. The predicted octanol–water partition coefficient (Wildman–Crippen LogP) is 2.32. The van der Waals surface area contributed by atoms with Crippen molar-refractivity contribution in [2.24, 2.45) is 0 Å². The average molecular weight is 295 g/mol. The zero-order valence-electron chi connectivity index (χ0n) is 13.5. The Labute approximate surface area is 128 Å².